The van der Waals surface area contributed by atoms with Crippen LogP contribution in [0.25, 0.3) is 0 Å². The third kappa shape index (κ3) is 4.58. The first-order chi connectivity index (χ1) is 11.5. The Morgan fingerprint density at radius 1 is 1.12 bits per heavy atom. The summed E-state index contributed by atoms with van der Waals surface area (Å²) in [4.78, 5) is 11.0. The highest BCUT2D eigenvalue weighted by Gasteiger charge is 2.81. The van der Waals surface area contributed by atoms with Crippen LogP contribution in [0.4, 0.5) is 39.5 Å². The van der Waals surface area contributed by atoms with E-state index in [0.717, 1.165) is 34.7 Å². The largest absolute Gasteiger partial charge is 0.550 e. The molecular formula is C14H13F9IO2-. The molecule has 0 aliphatic heterocycles. The summed E-state index contributed by atoms with van der Waals surface area (Å²) in [6.07, 6.45) is -6.69. The van der Waals surface area contributed by atoms with Gasteiger partial charge in [-0.1, -0.05) is 34.7 Å². The summed E-state index contributed by atoms with van der Waals surface area (Å²) in [7, 11) is 0. The number of halogens is 10. The Labute approximate surface area is 155 Å². The van der Waals surface area contributed by atoms with Gasteiger partial charge in [0.05, 0.1) is 11.9 Å². The first-order valence-corrected chi connectivity index (χ1v) is 8.31. The van der Waals surface area contributed by atoms with E-state index < -0.39 is 58.5 Å². The Morgan fingerprint density at radius 3 is 2.12 bits per heavy atom. The number of carboxylic acid groups (broad SMARTS) is 1. The van der Waals surface area contributed by atoms with Gasteiger partial charge in [0.2, 0.25) is 0 Å². The van der Waals surface area contributed by atoms with Crippen molar-refractivity contribution < 1.29 is 49.4 Å². The predicted molar refractivity (Wildman–Crippen MR) is 78.4 cm³/mol. The summed E-state index contributed by atoms with van der Waals surface area (Å²) in [6.45, 7) is 0. The lowest BCUT2D eigenvalue weighted by Gasteiger charge is -2.50. The third-order valence-electron chi connectivity index (χ3n) is 3.96. The Bertz CT molecular complexity index is 559. The lowest BCUT2D eigenvalue weighted by Crippen LogP contribution is -2.71. The van der Waals surface area contributed by atoms with Crippen molar-refractivity contribution in [2.24, 2.45) is 5.92 Å². The van der Waals surface area contributed by atoms with Gasteiger partial charge in [-0.2, -0.15) is 39.5 Å². The van der Waals surface area contributed by atoms with Gasteiger partial charge >= 0.3 is 23.9 Å². The summed E-state index contributed by atoms with van der Waals surface area (Å²) in [5, 5.41) is 11.0. The Hall–Kier alpha value is -0.690. The van der Waals surface area contributed by atoms with E-state index >= 15 is 0 Å². The van der Waals surface area contributed by atoms with E-state index in [1.165, 1.54) is 0 Å². The fourth-order valence-electron chi connectivity index (χ4n) is 2.70. The van der Waals surface area contributed by atoms with Crippen LogP contribution in [-0.4, -0.2) is 33.3 Å². The zero-order valence-electron chi connectivity index (χ0n) is 12.9. The van der Waals surface area contributed by atoms with Crippen molar-refractivity contribution >= 4 is 28.6 Å². The average Bonchev–Trinajstić information content (AvgIpc) is 2.38. The molecule has 1 saturated carbocycles. The molecule has 1 rings (SSSR count). The number of carboxylic acids is 1. The summed E-state index contributed by atoms with van der Waals surface area (Å²) in [6, 6.07) is 0. The number of hydrogen-bond acceptors (Lipinski definition) is 2. The van der Waals surface area contributed by atoms with Crippen LogP contribution in [0.5, 0.6) is 0 Å². The molecule has 0 spiro atoms. The minimum Gasteiger partial charge on any atom is -0.550 e. The maximum atomic E-state index is 13.8. The highest BCUT2D eigenvalue weighted by atomic mass is 127. The number of carbonyl (C=O) groups excluding carboxylic acids is 1. The molecule has 2 atom stereocenters. The molecule has 152 valence electrons. The Balaban J connectivity index is 2.98. The molecule has 1 aliphatic carbocycles. The monoisotopic (exact) mass is 511 g/mol. The second-order valence-electron chi connectivity index (χ2n) is 6.05. The number of rotatable bonds is 6. The smallest absolute Gasteiger partial charge is 0.389 e. The second-order valence-corrected chi connectivity index (χ2v) is 8.20. The first-order valence-electron chi connectivity index (χ1n) is 7.23. The quantitative estimate of drug-likeness (QED) is 0.173. The normalized spacial score (nSPS) is 30.5. The van der Waals surface area contributed by atoms with E-state index in [0.29, 0.717) is 0 Å². The standard InChI is InChI=1S/C14H14F9IO2/c15-11(16)7-10(24,5-3-1-2-4-6-12(17,18)19)8(9(25)26)13(20,21)14(11,22)23/h1,3,8H,2,4-7H2,(H,25,26)/p-1. The molecule has 0 amide bonds. The van der Waals surface area contributed by atoms with Gasteiger partial charge in [-0.25, -0.2) is 0 Å². The van der Waals surface area contributed by atoms with Crippen LogP contribution >= 0.6 is 22.6 Å². The summed E-state index contributed by atoms with van der Waals surface area (Å²) in [5.74, 6) is -22.4. The van der Waals surface area contributed by atoms with E-state index in [1.54, 1.807) is 0 Å². The van der Waals surface area contributed by atoms with E-state index in [4.69, 9.17) is 0 Å². The maximum Gasteiger partial charge on any atom is 0.389 e. The molecule has 2 nitrogen and oxygen atoms in total. The van der Waals surface area contributed by atoms with Crippen molar-refractivity contribution in [1.82, 2.24) is 0 Å². The molecule has 0 aromatic carbocycles. The maximum absolute atomic E-state index is 13.8. The van der Waals surface area contributed by atoms with Gasteiger partial charge < -0.3 is 9.90 Å². The average molecular weight is 511 g/mol. The number of alkyl halides is 10. The zero-order valence-corrected chi connectivity index (χ0v) is 15.0. The minimum atomic E-state index is -5.88. The zero-order chi connectivity index (χ0) is 20.6. The molecule has 0 saturated heterocycles. The molecule has 0 radical (unpaired) electrons. The Morgan fingerprint density at radius 2 is 1.65 bits per heavy atom. The number of allylic oxidation sites excluding steroid dienone is 2. The van der Waals surface area contributed by atoms with Crippen LogP contribution in [0.15, 0.2) is 12.2 Å². The molecule has 0 aromatic rings. The summed E-state index contributed by atoms with van der Waals surface area (Å²) >= 11 is 0.963. The minimum absolute atomic E-state index is 0.175. The molecule has 1 fully saturated rings. The van der Waals surface area contributed by atoms with Gasteiger partial charge in [0.15, 0.2) is 0 Å². The molecule has 0 N–H and O–H groups in total. The molecule has 2 unspecified atom stereocenters. The molecular weight excluding hydrogens is 498 g/mol. The second kappa shape index (κ2) is 7.38. The van der Waals surface area contributed by atoms with Crippen molar-refractivity contribution in [3.63, 3.8) is 0 Å². The van der Waals surface area contributed by atoms with Crippen LogP contribution < -0.4 is 5.11 Å². The molecule has 0 bridgehead atoms. The van der Waals surface area contributed by atoms with Crippen LogP contribution in [-0.2, 0) is 4.79 Å². The third-order valence-corrected chi connectivity index (χ3v) is 5.41. The van der Waals surface area contributed by atoms with Crippen molar-refractivity contribution in [1.29, 1.82) is 0 Å². The lowest BCUT2D eigenvalue weighted by molar-refractivity contribution is -0.371. The van der Waals surface area contributed by atoms with Gasteiger partial charge in [-0.05, 0) is 19.3 Å². The van der Waals surface area contributed by atoms with Crippen molar-refractivity contribution in [3.8, 4) is 0 Å². The van der Waals surface area contributed by atoms with Gasteiger partial charge in [-0.3, -0.25) is 0 Å². The van der Waals surface area contributed by atoms with Crippen molar-refractivity contribution in [2.45, 2.75) is 59.5 Å². The van der Waals surface area contributed by atoms with Crippen LogP contribution in [0.3, 0.4) is 0 Å². The van der Waals surface area contributed by atoms with E-state index in [2.05, 4.69) is 0 Å². The van der Waals surface area contributed by atoms with Crippen molar-refractivity contribution in [3.05, 3.63) is 12.2 Å². The fourth-order valence-corrected chi connectivity index (χ4v) is 4.08. The van der Waals surface area contributed by atoms with Crippen LogP contribution in [0.1, 0.15) is 32.1 Å². The highest BCUT2D eigenvalue weighted by Crippen LogP contribution is 2.62. The van der Waals surface area contributed by atoms with Gasteiger partial charge in [0, 0.05) is 16.3 Å². The molecule has 1 aliphatic rings. The first kappa shape index (κ1) is 23.3. The predicted octanol–water partition coefficient (Wildman–Crippen LogP) is 4.51. The SMILES string of the molecule is O=C([O-])C1C(I)(CC=CCCCC(F)(F)F)CC(F)(F)C(F)(F)C1(F)F. The highest BCUT2D eigenvalue weighted by molar-refractivity contribution is 14.1. The molecule has 0 heterocycles. The number of hydrogen-bond donors (Lipinski definition) is 0. The van der Waals surface area contributed by atoms with Gasteiger partial charge in [0.25, 0.3) is 0 Å². The van der Waals surface area contributed by atoms with E-state index in [9.17, 15) is 49.4 Å². The molecule has 26 heavy (non-hydrogen) atoms. The van der Waals surface area contributed by atoms with Crippen LogP contribution in [0.2, 0.25) is 0 Å². The number of aliphatic carboxylic acids is 1. The topological polar surface area (TPSA) is 40.1 Å². The lowest BCUT2D eigenvalue weighted by atomic mass is 9.71. The summed E-state index contributed by atoms with van der Waals surface area (Å²) < 4.78 is 115. The van der Waals surface area contributed by atoms with Crippen LogP contribution in [0, 0.1) is 5.92 Å². The van der Waals surface area contributed by atoms with Gasteiger partial charge in [0.1, 0.15) is 0 Å². The molecule has 0 aromatic heterocycles. The van der Waals surface area contributed by atoms with E-state index in [-0.39, 0.29) is 12.8 Å². The van der Waals surface area contributed by atoms with Crippen molar-refractivity contribution in [2.75, 3.05) is 0 Å². The fraction of sp³-hybridized carbons (Fsp3) is 0.786. The van der Waals surface area contributed by atoms with Gasteiger partial charge in [-0.15, -0.1) is 0 Å². The summed E-state index contributed by atoms with van der Waals surface area (Å²) in [5.41, 5.74) is 0. The number of carbonyl (C=O) groups is 1. The van der Waals surface area contributed by atoms with E-state index in [1.807, 2.05) is 0 Å². The Kier molecular flexibility index (Phi) is 6.63. The number of unbranched alkanes of at least 4 members (excludes halogenated alkanes) is 1. The molecule has 12 heteroatoms.